The van der Waals surface area contributed by atoms with Gasteiger partial charge >= 0.3 is 0 Å². The third-order valence-electron chi connectivity index (χ3n) is 7.74. The number of benzene rings is 2. The summed E-state index contributed by atoms with van der Waals surface area (Å²) in [5.41, 5.74) is 2.74. The average Bonchev–Trinajstić information content (AvgIpc) is 2.90. The van der Waals surface area contributed by atoms with Gasteiger partial charge in [-0.2, -0.15) is 0 Å². The number of carbonyl (C=O) groups is 1. The van der Waals surface area contributed by atoms with E-state index >= 15 is 0 Å². The van der Waals surface area contributed by atoms with Crippen molar-refractivity contribution in [3.63, 3.8) is 0 Å². The van der Waals surface area contributed by atoms with Gasteiger partial charge in [0.15, 0.2) is 0 Å². The Bertz CT molecular complexity index is 1200. The van der Waals surface area contributed by atoms with Crippen LogP contribution in [0.3, 0.4) is 0 Å². The van der Waals surface area contributed by atoms with Crippen LogP contribution < -0.4 is 0 Å². The highest BCUT2D eigenvalue weighted by atomic mass is 35.5. The molecule has 184 valence electrons. The zero-order valence-electron chi connectivity index (χ0n) is 19.7. The van der Waals surface area contributed by atoms with E-state index in [0.717, 1.165) is 62.8 Å². The molecule has 2 aromatic carbocycles. The fraction of sp³-hybridized carbons (Fsp3) is 0.429. The smallest absolute Gasteiger partial charge is 0.255 e. The number of para-hydroxylation sites is 1. The summed E-state index contributed by atoms with van der Waals surface area (Å²) in [7, 11) is 0. The summed E-state index contributed by atoms with van der Waals surface area (Å²) in [6.45, 7) is 3.62. The third-order valence-corrected chi connectivity index (χ3v) is 8.48. The lowest BCUT2D eigenvalue weighted by Crippen LogP contribution is -2.52. The minimum atomic E-state index is 0.0651. The van der Waals surface area contributed by atoms with Crippen LogP contribution in [-0.4, -0.2) is 64.6 Å². The molecule has 3 aromatic rings. The predicted molar refractivity (Wildman–Crippen MR) is 141 cm³/mol. The Morgan fingerprint density at radius 3 is 2.54 bits per heavy atom. The monoisotopic (exact) mass is 511 g/mol. The van der Waals surface area contributed by atoms with Crippen LogP contribution in [0.5, 0.6) is 0 Å². The number of halogens is 2. The summed E-state index contributed by atoms with van der Waals surface area (Å²) < 4.78 is 0. The van der Waals surface area contributed by atoms with Gasteiger partial charge in [0.05, 0.1) is 21.1 Å². The average molecular weight is 512 g/mol. The number of amides is 1. The first-order valence-corrected chi connectivity index (χ1v) is 13.2. The number of aliphatic hydroxyl groups excluding tert-OH is 1. The molecule has 35 heavy (non-hydrogen) atoms. The minimum Gasteiger partial charge on any atom is -0.396 e. The van der Waals surface area contributed by atoms with Crippen LogP contribution in [-0.2, 0) is 6.42 Å². The molecule has 5 rings (SSSR count). The summed E-state index contributed by atoms with van der Waals surface area (Å²) >= 11 is 12.3. The quantitative estimate of drug-likeness (QED) is 0.503. The molecule has 0 unspecified atom stereocenters. The Morgan fingerprint density at radius 1 is 0.971 bits per heavy atom. The molecule has 2 saturated heterocycles. The van der Waals surface area contributed by atoms with Crippen LogP contribution in [0.2, 0.25) is 10.0 Å². The Kier molecular flexibility index (Phi) is 7.59. The number of nitrogens with zero attached hydrogens (tertiary/aromatic N) is 3. The SMILES string of the molecule is O=C(c1cnc2ccccc2c1)N1CCC(N2CC[C@H](Cc3ccc(Cl)c(Cl)c3)[C@H](CO)C2)CC1. The Labute approximate surface area is 216 Å². The van der Waals surface area contributed by atoms with Crippen LogP contribution in [0.1, 0.15) is 35.2 Å². The number of aliphatic hydroxyl groups is 1. The first-order valence-electron chi connectivity index (χ1n) is 12.4. The second kappa shape index (κ2) is 10.8. The third kappa shape index (κ3) is 5.49. The van der Waals surface area contributed by atoms with E-state index in [4.69, 9.17) is 23.2 Å². The van der Waals surface area contributed by atoms with Crippen LogP contribution in [0, 0.1) is 11.8 Å². The highest BCUT2D eigenvalue weighted by Gasteiger charge is 2.34. The van der Waals surface area contributed by atoms with Crippen molar-refractivity contribution in [3.8, 4) is 0 Å². The zero-order valence-corrected chi connectivity index (χ0v) is 21.3. The number of fused-ring (bicyclic) bond motifs is 1. The molecule has 0 bridgehead atoms. The van der Waals surface area contributed by atoms with E-state index < -0.39 is 0 Å². The van der Waals surface area contributed by atoms with Crippen molar-refractivity contribution >= 4 is 40.0 Å². The first-order chi connectivity index (χ1) is 17.0. The number of hydrogen-bond donors (Lipinski definition) is 1. The number of pyridine rings is 1. The van der Waals surface area contributed by atoms with Crippen molar-refractivity contribution in [2.24, 2.45) is 11.8 Å². The van der Waals surface area contributed by atoms with Gasteiger partial charge in [-0.15, -0.1) is 0 Å². The fourth-order valence-corrected chi connectivity index (χ4v) is 6.01. The van der Waals surface area contributed by atoms with Crippen molar-refractivity contribution in [2.75, 3.05) is 32.8 Å². The fourth-order valence-electron chi connectivity index (χ4n) is 5.69. The largest absolute Gasteiger partial charge is 0.396 e. The molecule has 0 saturated carbocycles. The second-order valence-electron chi connectivity index (χ2n) is 9.88. The number of hydrogen-bond acceptors (Lipinski definition) is 4. The molecule has 7 heteroatoms. The Hall–Kier alpha value is -2.18. The van der Waals surface area contributed by atoms with Gasteiger partial charge in [0, 0.05) is 43.9 Å². The van der Waals surface area contributed by atoms with Gasteiger partial charge in [0.25, 0.3) is 5.91 Å². The summed E-state index contributed by atoms with van der Waals surface area (Å²) in [5, 5.41) is 12.3. The minimum absolute atomic E-state index is 0.0651. The summed E-state index contributed by atoms with van der Waals surface area (Å²) in [5.74, 6) is 0.729. The summed E-state index contributed by atoms with van der Waals surface area (Å²) in [4.78, 5) is 22.1. The van der Waals surface area contributed by atoms with E-state index in [9.17, 15) is 9.90 Å². The first kappa shape index (κ1) is 24.5. The summed E-state index contributed by atoms with van der Waals surface area (Å²) in [6.07, 6.45) is 5.57. The van der Waals surface area contributed by atoms with Crippen molar-refractivity contribution in [3.05, 3.63) is 75.9 Å². The van der Waals surface area contributed by atoms with E-state index in [2.05, 4.69) is 9.88 Å². The highest BCUT2D eigenvalue weighted by Crippen LogP contribution is 2.32. The van der Waals surface area contributed by atoms with Gasteiger partial charge in [0.2, 0.25) is 0 Å². The van der Waals surface area contributed by atoms with E-state index in [0.29, 0.717) is 27.6 Å². The number of aromatic nitrogens is 1. The molecule has 3 heterocycles. The van der Waals surface area contributed by atoms with Gasteiger partial charge in [-0.25, -0.2) is 0 Å². The summed E-state index contributed by atoms with van der Waals surface area (Å²) in [6, 6.07) is 16.1. The molecule has 0 spiro atoms. The number of carbonyl (C=O) groups excluding carboxylic acids is 1. The maximum Gasteiger partial charge on any atom is 0.255 e. The van der Waals surface area contributed by atoms with Crippen LogP contribution in [0.25, 0.3) is 10.9 Å². The molecule has 0 aliphatic carbocycles. The standard InChI is InChI=1S/C28H31Cl2N3O2/c29-25-6-5-19(14-26(25)30)13-20-7-10-33(17-23(20)18-34)24-8-11-32(12-9-24)28(35)22-15-21-3-1-2-4-27(21)31-16-22/h1-6,14-16,20,23-24,34H,7-13,17-18H2/t20-,23+/m1/s1. The van der Waals surface area contributed by atoms with Gasteiger partial charge in [-0.3, -0.25) is 14.7 Å². The van der Waals surface area contributed by atoms with Gasteiger partial charge in [-0.05, 0) is 73.9 Å². The number of piperidine rings is 2. The molecule has 2 aliphatic heterocycles. The molecular weight excluding hydrogens is 481 g/mol. The lowest BCUT2D eigenvalue weighted by Gasteiger charge is -2.44. The Balaban J connectivity index is 1.16. The molecule has 0 radical (unpaired) electrons. The molecule has 2 atom stereocenters. The van der Waals surface area contributed by atoms with Crippen LogP contribution in [0.4, 0.5) is 0 Å². The van der Waals surface area contributed by atoms with Crippen molar-refractivity contribution in [1.29, 1.82) is 0 Å². The van der Waals surface area contributed by atoms with E-state index in [1.54, 1.807) is 6.20 Å². The van der Waals surface area contributed by atoms with E-state index in [1.807, 2.05) is 53.4 Å². The van der Waals surface area contributed by atoms with Gasteiger partial charge < -0.3 is 10.0 Å². The number of likely N-dealkylation sites (tertiary alicyclic amines) is 2. The highest BCUT2D eigenvalue weighted by molar-refractivity contribution is 6.42. The molecule has 1 amide bonds. The van der Waals surface area contributed by atoms with Gasteiger partial charge in [-0.1, -0.05) is 47.5 Å². The lowest BCUT2D eigenvalue weighted by atomic mass is 9.80. The molecule has 1 aromatic heterocycles. The van der Waals surface area contributed by atoms with Crippen molar-refractivity contribution in [1.82, 2.24) is 14.8 Å². The van der Waals surface area contributed by atoms with Crippen molar-refractivity contribution < 1.29 is 9.90 Å². The van der Waals surface area contributed by atoms with E-state index in [1.165, 1.54) is 5.56 Å². The van der Waals surface area contributed by atoms with Crippen LogP contribution >= 0.6 is 23.2 Å². The van der Waals surface area contributed by atoms with Crippen molar-refractivity contribution in [2.45, 2.75) is 31.7 Å². The Morgan fingerprint density at radius 2 is 1.77 bits per heavy atom. The molecule has 2 fully saturated rings. The second-order valence-corrected chi connectivity index (χ2v) is 10.7. The van der Waals surface area contributed by atoms with Crippen LogP contribution in [0.15, 0.2) is 54.7 Å². The normalized spacial score (nSPS) is 22.0. The molecular formula is C28H31Cl2N3O2. The maximum absolute atomic E-state index is 13.1. The molecule has 5 nitrogen and oxygen atoms in total. The zero-order chi connectivity index (χ0) is 24.4. The predicted octanol–water partition coefficient (Wildman–Crippen LogP) is 5.32. The molecule has 1 N–H and O–H groups in total. The van der Waals surface area contributed by atoms with E-state index in [-0.39, 0.29) is 18.4 Å². The maximum atomic E-state index is 13.1. The van der Waals surface area contributed by atoms with Gasteiger partial charge in [0.1, 0.15) is 0 Å². The lowest BCUT2D eigenvalue weighted by molar-refractivity contribution is 0.0242. The molecule has 2 aliphatic rings. The topological polar surface area (TPSA) is 56.7 Å². The number of rotatable bonds is 5.